The van der Waals surface area contributed by atoms with Gasteiger partial charge in [-0.3, -0.25) is 0 Å². The van der Waals surface area contributed by atoms with E-state index in [0.717, 1.165) is 16.4 Å². The van der Waals surface area contributed by atoms with Gasteiger partial charge >= 0.3 is 0 Å². The maximum Gasteiger partial charge on any atom is 0.215 e. The number of halogens is 1. The molecule has 1 N–H and O–H groups in total. The molecule has 2 aromatic rings. The number of hydrogen-bond acceptors (Lipinski definition) is 3. The molecule has 0 saturated carbocycles. The molecule has 4 heteroatoms. The monoisotopic (exact) mass is 262 g/mol. The van der Waals surface area contributed by atoms with E-state index in [2.05, 4.69) is 10.3 Å². The normalized spacial score (nSPS) is 10.1. The maximum atomic E-state index is 5.93. The molecule has 0 aliphatic heterocycles. The standard InChI is InChI=1S/C14H15ClN2O/c1-2-18-14-8-4-7-13(17-14)16-10-11-5-3-6-12(15)9-11/h3-9H,2,10H2,1H3,(H,16,17). The van der Waals surface area contributed by atoms with E-state index in [1.807, 2.05) is 49.4 Å². The summed E-state index contributed by atoms with van der Waals surface area (Å²) in [5.74, 6) is 1.43. The molecule has 0 aliphatic carbocycles. The number of nitrogens with one attached hydrogen (secondary N) is 1. The Kier molecular flexibility index (Phi) is 4.42. The van der Waals surface area contributed by atoms with Crippen LogP contribution >= 0.6 is 11.6 Å². The van der Waals surface area contributed by atoms with Gasteiger partial charge in [0.15, 0.2) is 0 Å². The van der Waals surface area contributed by atoms with Crippen molar-refractivity contribution >= 4 is 17.4 Å². The van der Waals surface area contributed by atoms with Crippen LogP contribution in [-0.4, -0.2) is 11.6 Å². The summed E-state index contributed by atoms with van der Waals surface area (Å²) in [6.45, 7) is 3.24. The molecular formula is C14H15ClN2O. The zero-order chi connectivity index (χ0) is 12.8. The number of hydrogen-bond donors (Lipinski definition) is 1. The molecule has 0 bridgehead atoms. The van der Waals surface area contributed by atoms with Crippen molar-refractivity contribution in [3.63, 3.8) is 0 Å². The van der Waals surface area contributed by atoms with E-state index >= 15 is 0 Å². The molecule has 1 heterocycles. The molecule has 0 aliphatic rings. The van der Waals surface area contributed by atoms with E-state index in [4.69, 9.17) is 16.3 Å². The summed E-state index contributed by atoms with van der Waals surface area (Å²) in [5, 5.41) is 3.98. The van der Waals surface area contributed by atoms with Crippen LogP contribution in [0.2, 0.25) is 5.02 Å². The van der Waals surface area contributed by atoms with Gasteiger partial charge in [0, 0.05) is 17.6 Å². The molecule has 2 rings (SSSR count). The third kappa shape index (κ3) is 3.64. The van der Waals surface area contributed by atoms with Crippen LogP contribution in [0, 0.1) is 0 Å². The van der Waals surface area contributed by atoms with Gasteiger partial charge in [-0.15, -0.1) is 0 Å². The fourth-order valence-corrected chi connectivity index (χ4v) is 1.79. The lowest BCUT2D eigenvalue weighted by molar-refractivity contribution is 0.327. The average molecular weight is 263 g/mol. The lowest BCUT2D eigenvalue weighted by Gasteiger charge is -2.08. The maximum absolute atomic E-state index is 5.93. The molecule has 0 radical (unpaired) electrons. The Bertz CT molecular complexity index is 517. The first-order valence-corrected chi connectivity index (χ1v) is 6.24. The fourth-order valence-electron chi connectivity index (χ4n) is 1.58. The summed E-state index contributed by atoms with van der Waals surface area (Å²) in [7, 11) is 0. The zero-order valence-electron chi connectivity index (χ0n) is 10.2. The Morgan fingerprint density at radius 2 is 2.06 bits per heavy atom. The van der Waals surface area contributed by atoms with Gasteiger partial charge in [-0.05, 0) is 30.7 Å². The third-order valence-electron chi connectivity index (χ3n) is 2.38. The molecule has 0 saturated heterocycles. The van der Waals surface area contributed by atoms with Crippen LogP contribution in [0.1, 0.15) is 12.5 Å². The van der Waals surface area contributed by atoms with Gasteiger partial charge in [0.25, 0.3) is 0 Å². The molecule has 3 nitrogen and oxygen atoms in total. The number of anilines is 1. The van der Waals surface area contributed by atoms with E-state index in [1.165, 1.54) is 0 Å². The van der Waals surface area contributed by atoms with Crippen molar-refractivity contribution in [3.8, 4) is 5.88 Å². The van der Waals surface area contributed by atoms with Gasteiger partial charge in [0.05, 0.1) is 6.61 Å². The van der Waals surface area contributed by atoms with Gasteiger partial charge in [-0.25, -0.2) is 0 Å². The summed E-state index contributed by atoms with van der Waals surface area (Å²) >= 11 is 5.93. The van der Waals surface area contributed by atoms with Crippen LogP contribution in [0.25, 0.3) is 0 Å². The highest BCUT2D eigenvalue weighted by molar-refractivity contribution is 6.30. The van der Waals surface area contributed by atoms with Crippen molar-refractivity contribution in [1.82, 2.24) is 4.98 Å². The highest BCUT2D eigenvalue weighted by Gasteiger charge is 1.98. The first-order valence-electron chi connectivity index (χ1n) is 5.86. The van der Waals surface area contributed by atoms with E-state index < -0.39 is 0 Å². The predicted octanol–water partition coefficient (Wildman–Crippen LogP) is 3.75. The number of aromatic nitrogens is 1. The molecule has 0 atom stereocenters. The minimum atomic E-state index is 0.616. The van der Waals surface area contributed by atoms with Crippen molar-refractivity contribution < 1.29 is 4.74 Å². The van der Waals surface area contributed by atoms with Crippen molar-refractivity contribution in [2.45, 2.75) is 13.5 Å². The topological polar surface area (TPSA) is 34.1 Å². The Morgan fingerprint density at radius 1 is 1.22 bits per heavy atom. The Hall–Kier alpha value is -1.74. The van der Waals surface area contributed by atoms with Crippen molar-refractivity contribution in [2.24, 2.45) is 0 Å². The smallest absolute Gasteiger partial charge is 0.215 e. The van der Waals surface area contributed by atoms with Gasteiger partial charge in [0.2, 0.25) is 5.88 Å². The van der Waals surface area contributed by atoms with E-state index in [-0.39, 0.29) is 0 Å². The van der Waals surface area contributed by atoms with Gasteiger partial charge in [-0.1, -0.05) is 29.8 Å². The van der Waals surface area contributed by atoms with E-state index in [9.17, 15) is 0 Å². The second-order valence-corrected chi connectivity index (χ2v) is 4.21. The molecular weight excluding hydrogens is 248 g/mol. The van der Waals surface area contributed by atoms with Gasteiger partial charge < -0.3 is 10.1 Å². The Labute approximate surface area is 112 Å². The minimum absolute atomic E-state index is 0.616. The number of pyridine rings is 1. The second kappa shape index (κ2) is 6.26. The molecule has 0 amide bonds. The Morgan fingerprint density at radius 3 is 2.83 bits per heavy atom. The van der Waals surface area contributed by atoms with Crippen LogP contribution in [0.15, 0.2) is 42.5 Å². The molecule has 94 valence electrons. The first-order chi connectivity index (χ1) is 8.78. The largest absolute Gasteiger partial charge is 0.478 e. The summed E-state index contributed by atoms with van der Waals surface area (Å²) < 4.78 is 5.35. The average Bonchev–Trinajstić information content (AvgIpc) is 2.37. The number of rotatable bonds is 5. The van der Waals surface area contributed by atoms with Crippen LogP contribution < -0.4 is 10.1 Å². The van der Waals surface area contributed by atoms with Gasteiger partial charge in [0.1, 0.15) is 5.82 Å². The summed E-state index contributed by atoms with van der Waals surface area (Å²) in [5.41, 5.74) is 1.12. The van der Waals surface area contributed by atoms with Crippen LogP contribution in [0.3, 0.4) is 0 Å². The second-order valence-electron chi connectivity index (χ2n) is 3.78. The lowest BCUT2D eigenvalue weighted by Crippen LogP contribution is -2.02. The first kappa shape index (κ1) is 12.7. The number of benzene rings is 1. The van der Waals surface area contributed by atoms with E-state index in [1.54, 1.807) is 0 Å². The molecule has 1 aromatic heterocycles. The highest BCUT2D eigenvalue weighted by Crippen LogP contribution is 2.14. The quantitative estimate of drug-likeness (QED) is 0.891. The fraction of sp³-hybridized carbons (Fsp3) is 0.214. The van der Waals surface area contributed by atoms with Crippen molar-refractivity contribution in [1.29, 1.82) is 0 Å². The van der Waals surface area contributed by atoms with E-state index in [0.29, 0.717) is 19.0 Å². The van der Waals surface area contributed by atoms with Crippen LogP contribution in [-0.2, 0) is 6.54 Å². The summed E-state index contributed by atoms with van der Waals surface area (Å²) in [6.07, 6.45) is 0. The van der Waals surface area contributed by atoms with Crippen LogP contribution in [0.5, 0.6) is 5.88 Å². The predicted molar refractivity (Wildman–Crippen MR) is 74.2 cm³/mol. The molecule has 0 spiro atoms. The molecule has 0 fully saturated rings. The highest BCUT2D eigenvalue weighted by atomic mass is 35.5. The van der Waals surface area contributed by atoms with Gasteiger partial charge in [-0.2, -0.15) is 4.98 Å². The third-order valence-corrected chi connectivity index (χ3v) is 2.61. The molecule has 1 aromatic carbocycles. The Balaban J connectivity index is 1.99. The molecule has 0 unspecified atom stereocenters. The lowest BCUT2D eigenvalue weighted by atomic mass is 10.2. The van der Waals surface area contributed by atoms with Crippen molar-refractivity contribution in [3.05, 3.63) is 53.1 Å². The minimum Gasteiger partial charge on any atom is -0.478 e. The summed E-state index contributed by atoms with van der Waals surface area (Å²) in [4.78, 5) is 4.33. The number of ether oxygens (including phenoxy) is 1. The van der Waals surface area contributed by atoms with Crippen LogP contribution in [0.4, 0.5) is 5.82 Å². The molecule has 18 heavy (non-hydrogen) atoms. The summed E-state index contributed by atoms with van der Waals surface area (Å²) in [6, 6.07) is 13.4. The number of nitrogens with zero attached hydrogens (tertiary/aromatic N) is 1. The van der Waals surface area contributed by atoms with Crippen molar-refractivity contribution in [2.75, 3.05) is 11.9 Å². The zero-order valence-corrected chi connectivity index (χ0v) is 10.9. The SMILES string of the molecule is CCOc1cccc(NCc2cccc(Cl)c2)n1.